The fraction of sp³-hybridized carbons (Fsp3) is 0.800. The lowest BCUT2D eigenvalue weighted by Crippen LogP contribution is -2.43. The highest BCUT2D eigenvalue weighted by atomic mass is 32.2. The van der Waals surface area contributed by atoms with Crippen molar-refractivity contribution < 1.29 is 9.32 Å². The molecule has 0 radical (unpaired) electrons. The van der Waals surface area contributed by atoms with E-state index in [4.69, 9.17) is 0 Å². The average molecular weight is 333 g/mol. The van der Waals surface area contributed by atoms with Crippen molar-refractivity contribution in [3.8, 4) is 0 Å². The molecule has 0 aromatic carbocycles. The van der Waals surface area contributed by atoms with Gasteiger partial charge in [-0.1, -0.05) is 20.8 Å². The highest BCUT2D eigenvalue weighted by Crippen LogP contribution is 2.25. The van der Waals surface area contributed by atoms with Crippen LogP contribution < -0.4 is 4.72 Å². The van der Waals surface area contributed by atoms with Gasteiger partial charge in [-0.15, -0.1) is 11.3 Å². The van der Waals surface area contributed by atoms with E-state index in [9.17, 15) is 9.32 Å². The van der Waals surface area contributed by atoms with Crippen LogP contribution in [-0.2, 0) is 17.4 Å². The van der Waals surface area contributed by atoms with Crippen LogP contribution in [0.3, 0.4) is 0 Å². The molecule has 4 nitrogen and oxygen atoms in total. The summed E-state index contributed by atoms with van der Waals surface area (Å²) >= 11 is 1.50. The molecule has 122 valence electrons. The molecule has 0 aliphatic heterocycles. The molecule has 1 aromatic heterocycles. The van der Waals surface area contributed by atoms with Crippen LogP contribution in [0.4, 0.5) is 0 Å². The third kappa shape index (κ3) is 5.77. The zero-order chi connectivity index (χ0) is 16.2. The molecular formula is C15H28N2O2S2. The van der Waals surface area contributed by atoms with Gasteiger partial charge in [0.1, 0.15) is 11.1 Å². The topological polar surface area (TPSA) is 62.2 Å². The molecular weight excluding hydrogens is 304 g/mol. The number of hydrogen-bond donors (Lipinski definition) is 2. The Bertz CT molecular complexity index is 466. The van der Waals surface area contributed by atoms with Gasteiger partial charge in [0.05, 0.1) is 21.4 Å². The fourth-order valence-electron chi connectivity index (χ4n) is 1.75. The largest absolute Gasteiger partial charge is 0.386 e. The lowest BCUT2D eigenvalue weighted by Gasteiger charge is -2.27. The summed E-state index contributed by atoms with van der Waals surface area (Å²) in [6.45, 7) is 12.0. The minimum atomic E-state index is -1.14. The van der Waals surface area contributed by atoms with Gasteiger partial charge in [0.2, 0.25) is 0 Å². The molecule has 0 aliphatic carbocycles. The minimum absolute atomic E-state index is 0.00552. The van der Waals surface area contributed by atoms with Gasteiger partial charge in [-0.2, -0.15) is 0 Å². The van der Waals surface area contributed by atoms with Crippen LogP contribution in [-0.4, -0.2) is 25.1 Å². The molecule has 0 unspecified atom stereocenters. The third-order valence-corrected chi connectivity index (χ3v) is 5.94. The van der Waals surface area contributed by atoms with Gasteiger partial charge in [0.25, 0.3) is 0 Å². The molecule has 0 aliphatic rings. The molecule has 0 saturated heterocycles. The zero-order valence-electron chi connectivity index (χ0n) is 13.8. The van der Waals surface area contributed by atoms with Crippen molar-refractivity contribution in [1.29, 1.82) is 0 Å². The Hall–Kier alpha value is -0.300. The molecule has 0 bridgehead atoms. The van der Waals surface area contributed by atoms with Gasteiger partial charge >= 0.3 is 0 Å². The van der Waals surface area contributed by atoms with Gasteiger partial charge in [0.15, 0.2) is 0 Å². The van der Waals surface area contributed by atoms with Crippen LogP contribution in [0.2, 0.25) is 0 Å². The van der Waals surface area contributed by atoms with Crippen LogP contribution in [0.1, 0.15) is 64.8 Å². The van der Waals surface area contributed by atoms with Crippen molar-refractivity contribution in [3.05, 3.63) is 16.1 Å². The van der Waals surface area contributed by atoms with Crippen LogP contribution in [0.15, 0.2) is 5.38 Å². The predicted octanol–water partition coefficient (Wildman–Crippen LogP) is 3.21. The summed E-state index contributed by atoms with van der Waals surface area (Å²) in [7, 11) is -1.14. The van der Waals surface area contributed by atoms with Crippen molar-refractivity contribution in [2.45, 2.75) is 71.3 Å². The zero-order valence-corrected chi connectivity index (χ0v) is 15.5. The number of hydrogen-bond acceptors (Lipinski definition) is 4. The Morgan fingerprint density at radius 2 is 2.05 bits per heavy atom. The molecule has 2 N–H and O–H groups in total. The van der Waals surface area contributed by atoms with E-state index >= 15 is 0 Å². The molecule has 0 fully saturated rings. The summed E-state index contributed by atoms with van der Waals surface area (Å²) < 4.78 is 15.1. The Balaban J connectivity index is 2.72. The number of nitrogens with zero attached hydrogens (tertiary/aromatic N) is 1. The second-order valence-electron chi connectivity index (χ2n) is 6.63. The summed E-state index contributed by atoms with van der Waals surface area (Å²) in [5, 5.41) is 13.1. The van der Waals surface area contributed by atoms with E-state index in [-0.39, 0.29) is 16.7 Å². The van der Waals surface area contributed by atoms with Gasteiger partial charge in [-0.3, -0.25) is 0 Å². The lowest BCUT2D eigenvalue weighted by atomic mass is 9.99. The molecule has 1 rings (SSSR count). The van der Waals surface area contributed by atoms with Crippen LogP contribution in [0, 0.1) is 5.92 Å². The maximum Gasteiger partial charge on any atom is 0.122 e. The van der Waals surface area contributed by atoms with E-state index in [1.165, 1.54) is 11.3 Å². The quantitative estimate of drug-likeness (QED) is 0.806. The maximum atomic E-state index is 12.3. The molecule has 0 spiro atoms. The molecule has 6 heteroatoms. The number of nitrogens with one attached hydrogen (secondary N) is 1. The number of aromatic nitrogens is 1. The first-order chi connectivity index (χ1) is 9.65. The number of aliphatic hydroxyl groups is 1. The second kappa shape index (κ2) is 7.81. The summed E-state index contributed by atoms with van der Waals surface area (Å²) in [6, 6.07) is -0.00552. The number of thiazole rings is 1. The highest BCUT2D eigenvalue weighted by Gasteiger charge is 2.27. The Labute approximate surface area is 135 Å². The molecule has 3 atom stereocenters. The third-order valence-electron chi connectivity index (χ3n) is 3.31. The first-order valence-corrected chi connectivity index (χ1v) is 9.48. The summed E-state index contributed by atoms with van der Waals surface area (Å²) in [5.41, 5.74) is 1.02. The number of aryl methyl sites for hydroxylation is 1. The van der Waals surface area contributed by atoms with Gasteiger partial charge < -0.3 is 5.11 Å². The Morgan fingerprint density at radius 3 is 2.48 bits per heavy atom. The Morgan fingerprint density at radius 1 is 1.43 bits per heavy atom. The van der Waals surface area contributed by atoms with Crippen molar-refractivity contribution in [3.63, 3.8) is 0 Å². The van der Waals surface area contributed by atoms with E-state index in [0.717, 1.165) is 17.1 Å². The van der Waals surface area contributed by atoms with Crippen molar-refractivity contribution >= 4 is 22.3 Å². The maximum absolute atomic E-state index is 12.3. The highest BCUT2D eigenvalue weighted by molar-refractivity contribution is 7.84. The Kier molecular flexibility index (Phi) is 6.97. The van der Waals surface area contributed by atoms with Crippen LogP contribution >= 0.6 is 11.3 Å². The van der Waals surface area contributed by atoms with Crippen molar-refractivity contribution in [1.82, 2.24) is 9.71 Å². The lowest BCUT2D eigenvalue weighted by molar-refractivity contribution is 0.146. The number of aliphatic hydroxyl groups excluding tert-OH is 1. The SMILES string of the molecule is CCc1csc([C@H](O)C[C@@H](N[S@@](=O)C(C)(C)C)C(C)C)n1. The van der Waals surface area contributed by atoms with Crippen molar-refractivity contribution in [2.24, 2.45) is 5.92 Å². The smallest absolute Gasteiger partial charge is 0.122 e. The first kappa shape index (κ1) is 18.7. The summed E-state index contributed by atoms with van der Waals surface area (Å²) in [5.74, 6) is 0.288. The summed E-state index contributed by atoms with van der Waals surface area (Å²) in [6.07, 6.45) is 0.798. The van der Waals surface area contributed by atoms with E-state index in [2.05, 4.69) is 30.5 Å². The minimum Gasteiger partial charge on any atom is -0.386 e. The fourth-order valence-corrected chi connectivity index (χ4v) is 3.65. The average Bonchev–Trinajstić information content (AvgIpc) is 2.85. The predicted molar refractivity (Wildman–Crippen MR) is 90.7 cm³/mol. The number of rotatable bonds is 7. The van der Waals surface area contributed by atoms with Crippen LogP contribution in [0.5, 0.6) is 0 Å². The van der Waals surface area contributed by atoms with Crippen LogP contribution in [0.25, 0.3) is 0 Å². The van der Waals surface area contributed by atoms with Gasteiger partial charge in [0, 0.05) is 11.4 Å². The second-order valence-corrected chi connectivity index (χ2v) is 9.52. The molecule has 21 heavy (non-hydrogen) atoms. The molecule has 0 amide bonds. The van der Waals surface area contributed by atoms with E-state index in [1.54, 1.807) is 0 Å². The molecule has 1 heterocycles. The standard InChI is InChI=1S/C15H28N2O2S2/c1-7-11-9-20-14(16-11)13(18)8-12(10(2)3)17-21(19)15(4,5)6/h9-10,12-13,17-18H,7-8H2,1-6H3/t12-,13-,21+/m1/s1. The molecule has 1 aromatic rings. The van der Waals surface area contributed by atoms with E-state index in [1.807, 2.05) is 26.2 Å². The first-order valence-electron chi connectivity index (χ1n) is 7.45. The normalized spacial score (nSPS) is 17.0. The monoisotopic (exact) mass is 332 g/mol. The summed E-state index contributed by atoms with van der Waals surface area (Å²) in [4.78, 5) is 4.43. The van der Waals surface area contributed by atoms with Gasteiger partial charge in [-0.05, 0) is 39.5 Å². The van der Waals surface area contributed by atoms with E-state index in [0.29, 0.717) is 6.42 Å². The van der Waals surface area contributed by atoms with E-state index < -0.39 is 17.1 Å². The van der Waals surface area contributed by atoms with Crippen molar-refractivity contribution in [2.75, 3.05) is 0 Å². The van der Waals surface area contributed by atoms with Gasteiger partial charge in [-0.25, -0.2) is 13.9 Å². The molecule has 0 saturated carbocycles.